The first-order chi connectivity index (χ1) is 8.67. The van der Waals surface area contributed by atoms with Gasteiger partial charge in [0.25, 0.3) is 0 Å². The van der Waals surface area contributed by atoms with Crippen LogP contribution in [0.25, 0.3) is 0 Å². The molecule has 18 heavy (non-hydrogen) atoms. The fraction of sp³-hybridized carbons (Fsp3) is 0.429. The van der Waals surface area contributed by atoms with Crippen molar-refractivity contribution in [3.63, 3.8) is 0 Å². The highest BCUT2D eigenvalue weighted by molar-refractivity contribution is 5.78. The zero-order valence-corrected chi connectivity index (χ0v) is 10.5. The predicted octanol–water partition coefficient (Wildman–Crippen LogP) is 1.27. The van der Waals surface area contributed by atoms with Crippen molar-refractivity contribution in [3.05, 3.63) is 35.4 Å². The Hall–Kier alpha value is -1.86. The molecule has 0 spiro atoms. The number of nitrogens with one attached hydrogen (secondary N) is 1. The van der Waals surface area contributed by atoms with E-state index >= 15 is 0 Å². The molecule has 0 atom stereocenters. The summed E-state index contributed by atoms with van der Waals surface area (Å²) in [6, 6.07) is 9.95. The number of carbonyl (C=O) groups excluding carboxylic acids is 1. The number of benzene rings is 1. The normalized spacial score (nSPS) is 14.3. The third kappa shape index (κ3) is 3.86. The summed E-state index contributed by atoms with van der Waals surface area (Å²) < 4.78 is 0. The Morgan fingerprint density at radius 3 is 2.67 bits per heavy atom. The minimum atomic E-state index is 0.0913. The van der Waals surface area contributed by atoms with Gasteiger partial charge >= 0.3 is 0 Å². The van der Waals surface area contributed by atoms with Crippen LogP contribution in [0.3, 0.4) is 0 Å². The van der Waals surface area contributed by atoms with Gasteiger partial charge in [-0.1, -0.05) is 12.1 Å². The molecule has 94 valence electrons. The van der Waals surface area contributed by atoms with E-state index in [4.69, 9.17) is 5.26 Å². The van der Waals surface area contributed by atoms with Gasteiger partial charge in [0.1, 0.15) is 0 Å². The van der Waals surface area contributed by atoms with E-state index in [0.717, 1.165) is 18.4 Å². The molecule has 1 amide bonds. The molecular formula is C14H17N3O. The molecule has 0 radical (unpaired) electrons. The highest BCUT2D eigenvalue weighted by Crippen LogP contribution is 2.18. The number of nitrogens with zero attached hydrogens (tertiary/aromatic N) is 2. The number of hydrogen-bond acceptors (Lipinski definition) is 3. The highest BCUT2D eigenvalue weighted by atomic mass is 16.2. The minimum Gasteiger partial charge on any atom is -0.352 e. The Morgan fingerprint density at radius 2 is 2.11 bits per heavy atom. The van der Waals surface area contributed by atoms with Crippen LogP contribution in [0.1, 0.15) is 24.0 Å². The van der Waals surface area contributed by atoms with E-state index in [0.29, 0.717) is 24.7 Å². The van der Waals surface area contributed by atoms with Crippen molar-refractivity contribution >= 4 is 5.91 Å². The van der Waals surface area contributed by atoms with Crippen LogP contribution in [-0.4, -0.2) is 30.4 Å². The van der Waals surface area contributed by atoms with Gasteiger partial charge in [0, 0.05) is 12.6 Å². The van der Waals surface area contributed by atoms with Crippen molar-refractivity contribution in [2.75, 3.05) is 13.6 Å². The topological polar surface area (TPSA) is 56.1 Å². The first-order valence-corrected chi connectivity index (χ1v) is 6.14. The molecule has 1 fully saturated rings. The molecular weight excluding hydrogens is 226 g/mol. The molecule has 0 bridgehead atoms. The monoisotopic (exact) mass is 243 g/mol. The summed E-state index contributed by atoms with van der Waals surface area (Å²) in [4.78, 5) is 13.6. The fourth-order valence-electron chi connectivity index (χ4n) is 1.80. The number of carbonyl (C=O) groups is 1. The van der Waals surface area contributed by atoms with Gasteiger partial charge in [-0.3, -0.25) is 9.69 Å². The highest BCUT2D eigenvalue weighted by Gasteiger charge is 2.23. The van der Waals surface area contributed by atoms with E-state index in [1.165, 1.54) is 0 Å². The summed E-state index contributed by atoms with van der Waals surface area (Å²) in [6.45, 7) is 1.13. The van der Waals surface area contributed by atoms with Crippen molar-refractivity contribution in [1.82, 2.24) is 10.2 Å². The van der Waals surface area contributed by atoms with Crippen LogP contribution in [-0.2, 0) is 11.3 Å². The number of amides is 1. The maximum absolute atomic E-state index is 11.6. The van der Waals surface area contributed by atoms with E-state index in [1.807, 2.05) is 24.1 Å². The van der Waals surface area contributed by atoms with Gasteiger partial charge in [0.05, 0.1) is 18.2 Å². The van der Waals surface area contributed by atoms with E-state index in [2.05, 4.69) is 11.4 Å². The summed E-state index contributed by atoms with van der Waals surface area (Å²) >= 11 is 0. The molecule has 0 aliphatic heterocycles. The smallest absolute Gasteiger partial charge is 0.234 e. The van der Waals surface area contributed by atoms with Crippen molar-refractivity contribution in [2.45, 2.75) is 25.4 Å². The summed E-state index contributed by atoms with van der Waals surface area (Å²) in [5, 5.41) is 11.7. The van der Waals surface area contributed by atoms with Crippen molar-refractivity contribution in [2.24, 2.45) is 0 Å². The largest absolute Gasteiger partial charge is 0.352 e. The van der Waals surface area contributed by atoms with Crippen LogP contribution in [0, 0.1) is 11.3 Å². The molecule has 1 aliphatic rings. The molecule has 1 aromatic rings. The van der Waals surface area contributed by atoms with Gasteiger partial charge in [0.2, 0.25) is 5.91 Å². The third-order valence-corrected chi connectivity index (χ3v) is 2.89. The maximum Gasteiger partial charge on any atom is 0.234 e. The SMILES string of the molecule is CN(CC(=O)NC1CC1)Cc1ccc(C#N)cc1. The van der Waals surface area contributed by atoms with E-state index < -0.39 is 0 Å². The Labute approximate surface area is 107 Å². The first kappa shape index (κ1) is 12.6. The lowest BCUT2D eigenvalue weighted by Gasteiger charge is -2.16. The lowest BCUT2D eigenvalue weighted by Crippen LogP contribution is -2.35. The number of nitriles is 1. The molecule has 4 nitrogen and oxygen atoms in total. The van der Waals surface area contributed by atoms with Crippen LogP contribution >= 0.6 is 0 Å². The zero-order chi connectivity index (χ0) is 13.0. The summed E-state index contributed by atoms with van der Waals surface area (Å²) in [5.74, 6) is 0.0913. The van der Waals surface area contributed by atoms with Crippen LogP contribution in [0.15, 0.2) is 24.3 Å². The second kappa shape index (κ2) is 5.65. The average molecular weight is 243 g/mol. The Morgan fingerprint density at radius 1 is 1.44 bits per heavy atom. The molecule has 0 heterocycles. The van der Waals surface area contributed by atoms with E-state index in [9.17, 15) is 4.79 Å². The van der Waals surface area contributed by atoms with Crippen molar-refractivity contribution in [3.8, 4) is 6.07 Å². The Kier molecular flexibility index (Phi) is 3.96. The van der Waals surface area contributed by atoms with Gasteiger partial charge in [-0.25, -0.2) is 0 Å². The average Bonchev–Trinajstić information content (AvgIpc) is 3.13. The quantitative estimate of drug-likeness (QED) is 0.847. The van der Waals surface area contributed by atoms with Gasteiger partial charge in [-0.05, 0) is 37.6 Å². The van der Waals surface area contributed by atoms with Crippen LogP contribution in [0.4, 0.5) is 0 Å². The van der Waals surface area contributed by atoms with E-state index in [1.54, 1.807) is 12.1 Å². The van der Waals surface area contributed by atoms with Crippen LogP contribution in [0.5, 0.6) is 0 Å². The number of hydrogen-bond donors (Lipinski definition) is 1. The number of likely N-dealkylation sites (N-methyl/N-ethyl adjacent to an activating group) is 1. The molecule has 1 saturated carbocycles. The van der Waals surface area contributed by atoms with Gasteiger partial charge in [-0.15, -0.1) is 0 Å². The molecule has 1 N–H and O–H groups in total. The molecule has 0 unspecified atom stereocenters. The van der Waals surface area contributed by atoms with Gasteiger partial charge < -0.3 is 5.32 Å². The van der Waals surface area contributed by atoms with E-state index in [-0.39, 0.29) is 5.91 Å². The standard InChI is InChI=1S/C14H17N3O/c1-17(10-14(18)16-13-6-7-13)9-12-4-2-11(8-15)3-5-12/h2-5,13H,6-7,9-10H2,1H3,(H,16,18). The third-order valence-electron chi connectivity index (χ3n) is 2.89. The fourth-order valence-corrected chi connectivity index (χ4v) is 1.80. The molecule has 0 aromatic heterocycles. The van der Waals surface area contributed by atoms with Crippen molar-refractivity contribution < 1.29 is 4.79 Å². The molecule has 1 aromatic carbocycles. The second-order valence-corrected chi connectivity index (χ2v) is 4.82. The van der Waals surface area contributed by atoms with Gasteiger partial charge in [-0.2, -0.15) is 5.26 Å². The van der Waals surface area contributed by atoms with Crippen LogP contribution in [0.2, 0.25) is 0 Å². The molecule has 1 aliphatic carbocycles. The zero-order valence-electron chi connectivity index (χ0n) is 10.5. The predicted molar refractivity (Wildman–Crippen MR) is 68.7 cm³/mol. The molecule has 2 rings (SSSR count). The molecule has 0 saturated heterocycles. The summed E-state index contributed by atoms with van der Waals surface area (Å²) in [6.07, 6.45) is 2.23. The van der Waals surface area contributed by atoms with Gasteiger partial charge in [0.15, 0.2) is 0 Å². The molecule has 4 heteroatoms. The lowest BCUT2D eigenvalue weighted by atomic mass is 10.1. The lowest BCUT2D eigenvalue weighted by molar-refractivity contribution is -0.122. The Bertz CT molecular complexity index is 457. The number of rotatable bonds is 5. The minimum absolute atomic E-state index is 0.0913. The van der Waals surface area contributed by atoms with Crippen LogP contribution < -0.4 is 5.32 Å². The summed E-state index contributed by atoms with van der Waals surface area (Å²) in [7, 11) is 1.92. The first-order valence-electron chi connectivity index (χ1n) is 6.14. The second-order valence-electron chi connectivity index (χ2n) is 4.82. The Balaban J connectivity index is 1.80. The summed E-state index contributed by atoms with van der Waals surface area (Å²) in [5.41, 5.74) is 1.77. The maximum atomic E-state index is 11.6. The van der Waals surface area contributed by atoms with Crippen molar-refractivity contribution in [1.29, 1.82) is 5.26 Å².